The maximum atomic E-state index is 6.06. The molecule has 0 aliphatic heterocycles. The zero-order valence-electron chi connectivity index (χ0n) is 8.18. The maximum Gasteiger partial charge on any atom is 0.0887 e. The number of hydrogen-bond acceptors (Lipinski definition) is 1. The van der Waals surface area contributed by atoms with Gasteiger partial charge in [0.15, 0.2) is 0 Å². The molecule has 0 bridgehead atoms. The lowest BCUT2D eigenvalue weighted by molar-refractivity contribution is 1.20. The molecule has 0 aliphatic carbocycles. The van der Waals surface area contributed by atoms with Crippen molar-refractivity contribution >= 4 is 93.3 Å². The van der Waals surface area contributed by atoms with Crippen LogP contribution in [-0.2, 0) is 0 Å². The Bertz CT molecular complexity index is 536. The number of thiophene rings is 1. The third kappa shape index (κ3) is 3.48. The third-order valence-corrected chi connectivity index (χ3v) is 7.45. The number of halogens is 5. The summed E-state index contributed by atoms with van der Waals surface area (Å²) in [6.45, 7) is 0. The highest BCUT2D eigenvalue weighted by atomic mass is 127. The van der Waals surface area contributed by atoms with Gasteiger partial charge in [0.25, 0.3) is 0 Å². The smallest absolute Gasteiger partial charge is 0.0887 e. The number of alkyl halides is 1. The standard InChI is InChI=1S/C11H5Br3ClIS/c12-5-1-2-8(16)6(3-5)10(13)9-4-7(15)11(14)17-9/h1-4,10H. The van der Waals surface area contributed by atoms with E-state index in [0.29, 0.717) is 0 Å². The SMILES string of the molecule is Clc1cc(C(Br)c2cc(Br)ccc2I)sc1Br. The van der Waals surface area contributed by atoms with E-state index in [-0.39, 0.29) is 4.83 Å². The Balaban J connectivity index is 2.42. The van der Waals surface area contributed by atoms with Gasteiger partial charge in [-0.05, 0) is 68.3 Å². The van der Waals surface area contributed by atoms with Crippen LogP contribution >= 0.6 is 93.3 Å². The summed E-state index contributed by atoms with van der Waals surface area (Å²) >= 11 is 20.7. The van der Waals surface area contributed by atoms with E-state index in [2.05, 4.69) is 82.5 Å². The first-order valence-electron chi connectivity index (χ1n) is 4.53. The van der Waals surface area contributed by atoms with Crippen LogP contribution in [0, 0.1) is 3.57 Å². The van der Waals surface area contributed by atoms with Gasteiger partial charge in [0.2, 0.25) is 0 Å². The first kappa shape index (κ1) is 14.8. The van der Waals surface area contributed by atoms with E-state index >= 15 is 0 Å². The molecule has 2 rings (SSSR count). The molecule has 1 aromatic carbocycles. The van der Waals surface area contributed by atoms with Crippen LogP contribution in [0.3, 0.4) is 0 Å². The minimum atomic E-state index is 0.167. The highest BCUT2D eigenvalue weighted by Crippen LogP contribution is 2.42. The van der Waals surface area contributed by atoms with Crippen LogP contribution in [0.15, 0.2) is 32.5 Å². The second-order valence-electron chi connectivity index (χ2n) is 3.30. The normalized spacial score (nSPS) is 12.8. The molecule has 17 heavy (non-hydrogen) atoms. The summed E-state index contributed by atoms with van der Waals surface area (Å²) in [7, 11) is 0. The molecule has 0 spiro atoms. The van der Waals surface area contributed by atoms with E-state index in [0.717, 1.165) is 13.3 Å². The van der Waals surface area contributed by atoms with Gasteiger partial charge in [-0.1, -0.05) is 43.5 Å². The van der Waals surface area contributed by atoms with Crippen molar-refractivity contribution in [1.82, 2.24) is 0 Å². The highest BCUT2D eigenvalue weighted by Gasteiger charge is 2.17. The molecule has 90 valence electrons. The lowest BCUT2D eigenvalue weighted by Gasteiger charge is -2.10. The first-order chi connectivity index (χ1) is 7.99. The Morgan fingerprint density at radius 1 is 1.24 bits per heavy atom. The average molecular weight is 571 g/mol. The van der Waals surface area contributed by atoms with Gasteiger partial charge in [0.1, 0.15) is 0 Å². The molecule has 1 atom stereocenters. The van der Waals surface area contributed by atoms with Crippen LogP contribution in [0.1, 0.15) is 15.3 Å². The summed E-state index contributed by atoms with van der Waals surface area (Å²) in [4.78, 5) is 1.36. The summed E-state index contributed by atoms with van der Waals surface area (Å²) in [6, 6.07) is 8.26. The molecule has 1 aromatic heterocycles. The molecule has 0 fully saturated rings. The molecule has 6 heteroatoms. The summed E-state index contributed by atoms with van der Waals surface area (Å²) in [5.41, 5.74) is 1.24. The molecule has 0 saturated heterocycles. The Labute approximate surface area is 148 Å². The lowest BCUT2D eigenvalue weighted by Crippen LogP contribution is -1.93. The third-order valence-electron chi connectivity index (χ3n) is 2.15. The molecule has 0 saturated carbocycles. The first-order valence-corrected chi connectivity index (χ1v) is 9.30. The number of rotatable bonds is 2. The molecule has 0 aliphatic rings. The van der Waals surface area contributed by atoms with Gasteiger partial charge in [-0.25, -0.2) is 0 Å². The van der Waals surface area contributed by atoms with Crippen molar-refractivity contribution in [2.75, 3.05) is 0 Å². The fraction of sp³-hybridized carbons (Fsp3) is 0.0909. The van der Waals surface area contributed by atoms with E-state index in [9.17, 15) is 0 Å². The topological polar surface area (TPSA) is 0 Å². The van der Waals surface area contributed by atoms with Crippen LogP contribution in [-0.4, -0.2) is 0 Å². The molecule has 1 unspecified atom stereocenters. The quantitative estimate of drug-likeness (QED) is 0.269. The van der Waals surface area contributed by atoms with Crippen LogP contribution < -0.4 is 0 Å². The Kier molecular flexibility index (Phi) is 5.41. The lowest BCUT2D eigenvalue weighted by atomic mass is 10.1. The van der Waals surface area contributed by atoms with Crippen molar-refractivity contribution < 1.29 is 0 Å². The van der Waals surface area contributed by atoms with Crippen LogP contribution in [0.25, 0.3) is 0 Å². The minimum absolute atomic E-state index is 0.167. The van der Waals surface area contributed by atoms with Crippen molar-refractivity contribution in [2.45, 2.75) is 4.83 Å². The second kappa shape index (κ2) is 6.22. The maximum absolute atomic E-state index is 6.06. The van der Waals surface area contributed by atoms with Crippen molar-refractivity contribution in [1.29, 1.82) is 0 Å². The van der Waals surface area contributed by atoms with Gasteiger partial charge < -0.3 is 0 Å². The van der Waals surface area contributed by atoms with Crippen molar-refractivity contribution in [3.8, 4) is 0 Å². The second-order valence-corrected chi connectivity index (χ2v) is 9.10. The molecular formula is C11H5Br3ClIS. The van der Waals surface area contributed by atoms with E-state index < -0.39 is 0 Å². The highest BCUT2D eigenvalue weighted by molar-refractivity contribution is 14.1. The van der Waals surface area contributed by atoms with Gasteiger partial charge in [-0.15, -0.1) is 11.3 Å². The Morgan fingerprint density at radius 2 is 1.94 bits per heavy atom. The summed E-state index contributed by atoms with van der Waals surface area (Å²) in [5.74, 6) is 0. The predicted molar refractivity (Wildman–Crippen MR) is 94.7 cm³/mol. The number of benzene rings is 1. The zero-order chi connectivity index (χ0) is 12.6. The molecular weight excluding hydrogens is 566 g/mol. The van der Waals surface area contributed by atoms with Crippen molar-refractivity contribution in [2.24, 2.45) is 0 Å². The molecule has 0 N–H and O–H groups in total. The van der Waals surface area contributed by atoms with Crippen molar-refractivity contribution in [3.05, 3.63) is 51.6 Å². The van der Waals surface area contributed by atoms with Gasteiger partial charge in [0.05, 0.1) is 13.6 Å². The van der Waals surface area contributed by atoms with Crippen LogP contribution in [0.2, 0.25) is 5.02 Å². The monoisotopic (exact) mass is 568 g/mol. The number of hydrogen-bond donors (Lipinski definition) is 0. The van der Waals surface area contributed by atoms with Gasteiger partial charge in [-0.3, -0.25) is 0 Å². The molecule has 2 aromatic rings. The Hall–Kier alpha value is 1.38. The largest absolute Gasteiger partial charge is 0.130 e. The van der Waals surface area contributed by atoms with Crippen molar-refractivity contribution in [3.63, 3.8) is 0 Å². The molecule has 1 heterocycles. The van der Waals surface area contributed by atoms with E-state index in [1.165, 1.54) is 14.0 Å². The van der Waals surface area contributed by atoms with Gasteiger partial charge in [-0.2, -0.15) is 0 Å². The molecule has 0 nitrogen and oxygen atoms in total. The molecule has 0 amide bonds. The molecule has 0 radical (unpaired) electrons. The fourth-order valence-electron chi connectivity index (χ4n) is 1.35. The van der Waals surface area contributed by atoms with E-state index in [1.807, 2.05) is 12.1 Å². The minimum Gasteiger partial charge on any atom is -0.130 e. The van der Waals surface area contributed by atoms with Gasteiger partial charge in [0, 0.05) is 12.9 Å². The summed E-state index contributed by atoms with van der Waals surface area (Å²) < 4.78 is 3.29. The summed E-state index contributed by atoms with van der Waals surface area (Å²) in [6.07, 6.45) is 0. The van der Waals surface area contributed by atoms with Crippen LogP contribution in [0.5, 0.6) is 0 Å². The predicted octanol–water partition coefficient (Wildman–Crippen LogP) is 7.02. The fourth-order valence-corrected chi connectivity index (χ4v) is 5.34. The van der Waals surface area contributed by atoms with E-state index in [1.54, 1.807) is 11.3 Å². The zero-order valence-corrected chi connectivity index (χ0v) is 16.7. The summed E-state index contributed by atoms with van der Waals surface area (Å²) in [5, 5.41) is 0.763. The van der Waals surface area contributed by atoms with Crippen LogP contribution in [0.4, 0.5) is 0 Å². The average Bonchev–Trinajstić information content (AvgIpc) is 2.62. The van der Waals surface area contributed by atoms with E-state index in [4.69, 9.17) is 11.6 Å². The van der Waals surface area contributed by atoms with Gasteiger partial charge >= 0.3 is 0 Å². The Morgan fingerprint density at radius 3 is 2.53 bits per heavy atom.